The molecule has 0 unspecified atom stereocenters. The van der Waals surface area contributed by atoms with Crippen LogP contribution in [0.25, 0.3) is 32.9 Å². The number of rotatable bonds is 13. The van der Waals surface area contributed by atoms with Crippen molar-refractivity contribution in [3.8, 4) is 22.6 Å². The molecule has 312 valence electrons. The fraction of sp³-hybridized carbons (Fsp3) is 0.400. The molecule has 0 bridgehead atoms. The Labute approximate surface area is 356 Å². The van der Waals surface area contributed by atoms with Crippen LogP contribution in [0.3, 0.4) is 0 Å². The number of anilines is 1. The highest BCUT2D eigenvalue weighted by atomic mass is 35.5. The van der Waals surface area contributed by atoms with E-state index in [1.807, 2.05) is 56.6 Å². The number of hydrogen-bond acceptors (Lipinski definition) is 7. The molecule has 0 fully saturated rings. The highest BCUT2D eigenvalue weighted by Crippen LogP contribution is 2.46. The first-order valence-electron chi connectivity index (χ1n) is 20.0. The Kier molecular flexibility index (Phi) is 11.8. The van der Waals surface area contributed by atoms with Crippen LogP contribution >= 0.6 is 23.2 Å². The van der Waals surface area contributed by atoms with Crippen molar-refractivity contribution in [2.24, 2.45) is 7.05 Å². The van der Waals surface area contributed by atoms with Gasteiger partial charge in [0, 0.05) is 73.0 Å². The highest BCUT2D eigenvalue weighted by Gasteiger charge is 2.38. The summed E-state index contributed by atoms with van der Waals surface area (Å²) in [7, 11) is 1.82. The largest absolute Gasteiger partial charge is 0.508 e. The third kappa shape index (κ3) is 7.88. The molecule has 1 aliphatic rings. The first kappa shape index (κ1) is 42.4. The summed E-state index contributed by atoms with van der Waals surface area (Å²) in [6, 6.07) is 13.5. The van der Waals surface area contributed by atoms with Crippen LogP contribution in [0.15, 0.2) is 42.5 Å². The van der Waals surface area contributed by atoms with Crippen molar-refractivity contribution in [1.29, 1.82) is 0 Å². The second-order valence-corrected chi connectivity index (χ2v) is 23.4. The van der Waals surface area contributed by atoms with Gasteiger partial charge >= 0.3 is 5.97 Å². The first-order chi connectivity index (χ1) is 27.9. The average Bonchev–Trinajstić information content (AvgIpc) is 3.79. The van der Waals surface area contributed by atoms with Gasteiger partial charge in [0.05, 0.1) is 41.2 Å². The Morgan fingerprint density at radius 2 is 1.69 bits per heavy atom. The maximum absolute atomic E-state index is 15.3. The number of nitrogens with zero attached hydrogens (tertiary/aromatic N) is 5. The van der Waals surface area contributed by atoms with Crippen molar-refractivity contribution >= 4 is 70.6 Å². The third-order valence-electron chi connectivity index (χ3n) is 11.4. The van der Waals surface area contributed by atoms with Gasteiger partial charge in [-0.3, -0.25) is 4.79 Å². The molecule has 1 amide bonds. The maximum Gasteiger partial charge on any atom is 0.354 e. The molecule has 1 aliphatic heterocycles. The zero-order chi connectivity index (χ0) is 42.7. The molecule has 59 heavy (non-hydrogen) atoms. The molecular weight excluding hydrogens is 806 g/mol. The number of benzene rings is 3. The Morgan fingerprint density at radius 3 is 2.37 bits per heavy atom. The number of hydrogen-bond donors (Lipinski definition) is 1. The second-order valence-electron chi connectivity index (χ2n) is 17.0. The molecule has 0 radical (unpaired) electrons. The molecule has 1 N–H and O–H groups in total. The molecule has 14 heteroatoms. The number of carbonyl (C=O) groups is 2. The number of phenolic OH excluding ortho intramolecular Hbond substituents is 1. The molecule has 1 atom stereocenters. The van der Waals surface area contributed by atoms with E-state index < -0.39 is 14.0 Å². The van der Waals surface area contributed by atoms with Crippen molar-refractivity contribution in [3.63, 3.8) is 0 Å². The minimum absolute atomic E-state index is 0.0207. The van der Waals surface area contributed by atoms with E-state index in [1.165, 1.54) is 7.11 Å². The second kappa shape index (κ2) is 16.4. The molecule has 3 aromatic carbocycles. The van der Waals surface area contributed by atoms with Crippen molar-refractivity contribution in [3.05, 3.63) is 92.0 Å². The third-order valence-corrected chi connectivity index (χ3v) is 14.0. The van der Waals surface area contributed by atoms with Gasteiger partial charge in [0.2, 0.25) is 0 Å². The lowest BCUT2D eigenvalue weighted by atomic mass is 9.98. The van der Waals surface area contributed by atoms with E-state index in [0.29, 0.717) is 72.3 Å². The number of ether oxygens (including phenoxy) is 3. The molecule has 0 saturated carbocycles. The Morgan fingerprint density at radius 1 is 0.983 bits per heavy atom. The molecule has 4 heterocycles. The van der Waals surface area contributed by atoms with E-state index in [4.69, 9.17) is 42.5 Å². The zero-order valence-electron chi connectivity index (χ0n) is 35.5. The van der Waals surface area contributed by atoms with Crippen LogP contribution < -0.4 is 9.64 Å². The molecule has 0 aliphatic carbocycles. The van der Waals surface area contributed by atoms with E-state index in [-0.39, 0.29) is 17.7 Å². The van der Waals surface area contributed by atoms with E-state index in [9.17, 15) is 9.90 Å². The summed E-state index contributed by atoms with van der Waals surface area (Å²) in [5.41, 5.74) is 9.08. The van der Waals surface area contributed by atoms with Crippen LogP contribution in [-0.4, -0.2) is 70.8 Å². The van der Waals surface area contributed by atoms with Crippen molar-refractivity contribution in [1.82, 2.24) is 18.9 Å². The lowest BCUT2D eigenvalue weighted by Gasteiger charge is -2.35. The van der Waals surface area contributed by atoms with Crippen LogP contribution in [0.2, 0.25) is 35.7 Å². The van der Waals surface area contributed by atoms with Gasteiger partial charge in [0.15, 0.2) is 0 Å². The number of aromatic nitrogens is 4. The van der Waals surface area contributed by atoms with Crippen LogP contribution in [0, 0.1) is 27.7 Å². The smallest absolute Gasteiger partial charge is 0.354 e. The van der Waals surface area contributed by atoms with Crippen LogP contribution in [-0.2, 0) is 29.7 Å². The summed E-state index contributed by atoms with van der Waals surface area (Å²) in [4.78, 5) is 29.8. The number of aryl methyl sites for hydroxylation is 5. The standard InChI is InChI=1S/C45H53Cl2N5O6Si/c1-25-18-32(19-26(2)40(25)47)58-15-11-12-33-34-13-14-35(46)39(38-28(4)48-51(29(38)5)24-57-16-17-59(8,9)10)42(34)52-27(3)23-50(44(54)43(33)52)36-22-31(53)20-30-21-37(45(55)56-7)49(6)41(30)36/h13-14,18-22,27,53H,11-12,15-17,23-24H2,1-10H3/t27-/m1/s1. The van der Waals surface area contributed by atoms with Gasteiger partial charge in [-0.2, -0.15) is 5.10 Å². The van der Waals surface area contributed by atoms with Gasteiger partial charge in [0.1, 0.15) is 29.6 Å². The number of halogens is 2. The summed E-state index contributed by atoms with van der Waals surface area (Å²) in [6.07, 6.45) is 1.15. The fourth-order valence-corrected chi connectivity index (χ4v) is 9.60. The van der Waals surface area contributed by atoms with Crippen LogP contribution in [0.1, 0.15) is 68.4 Å². The Hall–Kier alpha value is -4.75. The topological polar surface area (TPSA) is 113 Å². The molecule has 0 saturated heterocycles. The maximum atomic E-state index is 15.3. The van der Waals surface area contributed by atoms with Crippen LogP contribution in [0.4, 0.5) is 5.69 Å². The van der Waals surface area contributed by atoms with Gasteiger partial charge in [-0.25, -0.2) is 9.48 Å². The number of phenols is 1. The van der Waals surface area contributed by atoms with E-state index >= 15 is 4.79 Å². The van der Waals surface area contributed by atoms with E-state index in [2.05, 4.69) is 31.1 Å². The minimum atomic E-state index is -1.27. The molecule has 6 aromatic rings. The monoisotopic (exact) mass is 857 g/mol. The number of fused-ring (bicyclic) bond motifs is 4. The van der Waals surface area contributed by atoms with Crippen molar-refractivity contribution in [2.75, 3.05) is 31.8 Å². The van der Waals surface area contributed by atoms with Gasteiger partial charge in [-0.1, -0.05) is 48.9 Å². The van der Waals surface area contributed by atoms with E-state index in [0.717, 1.165) is 66.9 Å². The normalized spacial score (nSPS) is 14.5. The van der Waals surface area contributed by atoms with Gasteiger partial charge in [-0.05, 0) is 101 Å². The fourth-order valence-electron chi connectivity index (χ4n) is 8.49. The number of carbonyl (C=O) groups excluding carboxylic acids is 2. The van der Waals surface area contributed by atoms with Gasteiger partial charge in [-0.15, -0.1) is 0 Å². The van der Waals surface area contributed by atoms with Crippen LogP contribution in [0.5, 0.6) is 11.5 Å². The number of amides is 1. The number of aromatic hydroxyl groups is 1. The van der Waals surface area contributed by atoms with Crippen molar-refractivity contribution in [2.45, 2.75) is 85.9 Å². The predicted octanol–water partition coefficient (Wildman–Crippen LogP) is 10.6. The summed E-state index contributed by atoms with van der Waals surface area (Å²) in [6.45, 7) is 18.7. The zero-order valence-corrected chi connectivity index (χ0v) is 38.1. The summed E-state index contributed by atoms with van der Waals surface area (Å²) >= 11 is 13.7. The minimum Gasteiger partial charge on any atom is -0.508 e. The summed E-state index contributed by atoms with van der Waals surface area (Å²) < 4.78 is 23.2. The molecule has 11 nitrogen and oxygen atoms in total. The van der Waals surface area contributed by atoms with E-state index in [1.54, 1.807) is 34.7 Å². The SMILES string of the molecule is COC(=O)c1cc2cc(O)cc(N3C[C@@H](C)n4c(c(CCCOc5cc(C)c(Cl)c(C)c5)c5ccc(Cl)c(-c6c(C)nn(COCC[Si](C)(C)C)c6C)c54)C3=O)c2n1C. The molecular formula is C45H53Cl2N5O6Si. The van der Waals surface area contributed by atoms with Gasteiger partial charge in [0.25, 0.3) is 5.91 Å². The Balaban J connectivity index is 1.36. The quantitative estimate of drug-likeness (QED) is 0.0699. The molecule has 7 rings (SSSR count). The molecule has 0 spiro atoms. The lowest BCUT2D eigenvalue weighted by Crippen LogP contribution is -2.43. The lowest BCUT2D eigenvalue weighted by molar-refractivity contribution is 0.0590. The Bertz CT molecular complexity index is 2610. The highest BCUT2D eigenvalue weighted by molar-refractivity contribution is 6.76. The average molecular weight is 859 g/mol. The summed E-state index contributed by atoms with van der Waals surface area (Å²) in [5, 5.41) is 18.7. The molecule has 3 aromatic heterocycles. The predicted molar refractivity (Wildman–Crippen MR) is 239 cm³/mol. The first-order valence-corrected chi connectivity index (χ1v) is 24.5. The number of esters is 1. The summed E-state index contributed by atoms with van der Waals surface area (Å²) in [5.74, 6) is -0.0219. The number of methoxy groups -OCH3 is 1. The van der Waals surface area contributed by atoms with Gasteiger partial charge < -0.3 is 33.4 Å². The van der Waals surface area contributed by atoms with Crippen molar-refractivity contribution < 1.29 is 28.9 Å².